The van der Waals surface area contributed by atoms with E-state index in [0.717, 1.165) is 15.6 Å². The first-order chi connectivity index (χ1) is 12.0. The van der Waals surface area contributed by atoms with Crippen molar-refractivity contribution in [1.82, 2.24) is 15.1 Å². The zero-order valence-corrected chi connectivity index (χ0v) is 16.4. The average molecular weight is 414 g/mol. The van der Waals surface area contributed by atoms with Crippen LogP contribution in [-0.4, -0.2) is 67.0 Å². The molecular formula is C17H24BrN3O4. The molecule has 1 saturated heterocycles. The number of hydrogen-bond acceptors (Lipinski definition) is 5. The molecule has 0 bridgehead atoms. The summed E-state index contributed by atoms with van der Waals surface area (Å²) < 4.78 is 6.08. The second-order valence-electron chi connectivity index (χ2n) is 5.70. The minimum Gasteiger partial charge on any atom is -0.448 e. The fourth-order valence-corrected chi connectivity index (χ4v) is 3.18. The maximum Gasteiger partial charge on any atom is 0.428 e. The van der Waals surface area contributed by atoms with E-state index in [9.17, 15) is 9.59 Å². The number of carbonyl (C=O) groups is 2. The lowest BCUT2D eigenvalue weighted by Gasteiger charge is -2.32. The molecule has 0 spiro atoms. The first kappa shape index (κ1) is 19.7. The average Bonchev–Trinajstić information content (AvgIpc) is 2.80. The van der Waals surface area contributed by atoms with Gasteiger partial charge in [0, 0.05) is 17.6 Å². The number of amides is 2. The van der Waals surface area contributed by atoms with Crippen molar-refractivity contribution >= 4 is 27.9 Å². The lowest BCUT2D eigenvalue weighted by molar-refractivity contribution is -0.145. The van der Waals surface area contributed by atoms with Gasteiger partial charge in [-0.15, -0.1) is 0 Å². The van der Waals surface area contributed by atoms with Crippen LogP contribution >= 0.6 is 15.9 Å². The highest BCUT2D eigenvalue weighted by Crippen LogP contribution is 2.18. The lowest BCUT2D eigenvalue weighted by atomic mass is 10.1. The zero-order chi connectivity index (χ0) is 18.4. The van der Waals surface area contributed by atoms with Gasteiger partial charge in [0.25, 0.3) is 0 Å². The molecule has 138 valence electrons. The highest BCUT2D eigenvalue weighted by atomic mass is 79.9. The van der Waals surface area contributed by atoms with E-state index >= 15 is 0 Å². The third kappa shape index (κ3) is 5.17. The molecule has 8 heteroatoms. The van der Waals surface area contributed by atoms with E-state index in [0.29, 0.717) is 26.2 Å². The lowest BCUT2D eigenvalue weighted by Crippen LogP contribution is -2.51. The van der Waals surface area contributed by atoms with Gasteiger partial charge in [0.15, 0.2) is 0 Å². The zero-order valence-electron chi connectivity index (χ0n) is 14.8. The van der Waals surface area contributed by atoms with Crippen LogP contribution in [0.2, 0.25) is 0 Å². The van der Waals surface area contributed by atoms with Crippen molar-refractivity contribution in [3.05, 3.63) is 33.8 Å². The summed E-state index contributed by atoms with van der Waals surface area (Å²) in [6.07, 6.45) is -0.288. The Balaban J connectivity index is 2.17. The molecule has 2 amide bonds. The number of benzene rings is 1. The molecule has 7 nitrogen and oxygen atoms in total. The molecule has 0 saturated carbocycles. The molecule has 1 heterocycles. The smallest absolute Gasteiger partial charge is 0.428 e. The van der Waals surface area contributed by atoms with Crippen LogP contribution in [0.5, 0.6) is 0 Å². The Morgan fingerprint density at radius 3 is 2.44 bits per heavy atom. The van der Waals surface area contributed by atoms with Crippen molar-refractivity contribution in [2.24, 2.45) is 0 Å². The van der Waals surface area contributed by atoms with Crippen LogP contribution in [0.1, 0.15) is 18.1 Å². The van der Waals surface area contributed by atoms with Gasteiger partial charge in [0.05, 0.1) is 33.2 Å². The molecule has 25 heavy (non-hydrogen) atoms. The molecule has 1 aliphatic rings. The minimum absolute atomic E-state index is 0.142. The van der Waals surface area contributed by atoms with E-state index in [1.54, 1.807) is 19.1 Å². The van der Waals surface area contributed by atoms with Crippen LogP contribution in [0, 0.1) is 6.92 Å². The Hall–Kier alpha value is -1.64. The summed E-state index contributed by atoms with van der Waals surface area (Å²) in [5, 5.41) is 4.57. The standard InChI is InChI=1S/C17H24BrN3O4/c1-4-25-17(23)21-10-8-19(24-3)7-9-20(21)16(22)12-14-5-6-15(18)11-13(14)2/h5-6,11H,4,7-10,12H2,1-3H3. The molecular weight excluding hydrogens is 390 g/mol. The molecule has 1 aromatic rings. The quantitative estimate of drug-likeness (QED) is 0.757. The molecule has 1 aliphatic heterocycles. The van der Waals surface area contributed by atoms with Gasteiger partial charge in [-0.2, -0.15) is 5.06 Å². The number of hydrogen-bond donors (Lipinski definition) is 0. The number of nitrogens with zero attached hydrogens (tertiary/aromatic N) is 3. The third-order valence-electron chi connectivity index (χ3n) is 4.08. The Morgan fingerprint density at radius 2 is 1.84 bits per heavy atom. The van der Waals surface area contributed by atoms with Crippen molar-refractivity contribution in [3.8, 4) is 0 Å². The minimum atomic E-state index is -0.513. The molecule has 1 fully saturated rings. The van der Waals surface area contributed by atoms with Gasteiger partial charge in [-0.1, -0.05) is 22.0 Å². The number of halogens is 1. The summed E-state index contributed by atoms with van der Waals surface area (Å²) in [4.78, 5) is 30.4. The van der Waals surface area contributed by atoms with Crippen LogP contribution in [0.4, 0.5) is 4.79 Å². The number of rotatable bonds is 4. The van der Waals surface area contributed by atoms with E-state index in [1.165, 1.54) is 10.0 Å². The van der Waals surface area contributed by atoms with Gasteiger partial charge in [-0.25, -0.2) is 14.8 Å². The van der Waals surface area contributed by atoms with Crippen LogP contribution < -0.4 is 0 Å². The molecule has 0 radical (unpaired) electrons. The first-order valence-electron chi connectivity index (χ1n) is 8.25. The van der Waals surface area contributed by atoms with Gasteiger partial charge in [0.2, 0.25) is 5.91 Å². The maximum atomic E-state index is 12.9. The summed E-state index contributed by atoms with van der Waals surface area (Å²) in [6, 6.07) is 5.81. The largest absolute Gasteiger partial charge is 0.448 e. The molecule has 0 atom stereocenters. The maximum absolute atomic E-state index is 12.9. The highest BCUT2D eigenvalue weighted by molar-refractivity contribution is 9.10. The van der Waals surface area contributed by atoms with Crippen molar-refractivity contribution in [3.63, 3.8) is 0 Å². The van der Waals surface area contributed by atoms with E-state index < -0.39 is 6.09 Å². The van der Waals surface area contributed by atoms with E-state index in [-0.39, 0.29) is 18.9 Å². The predicted octanol–water partition coefficient (Wildman–Crippen LogP) is 2.38. The SMILES string of the molecule is CCOC(=O)N1CCN(OC)CCN1C(=O)Cc1ccc(Br)cc1C. The predicted molar refractivity (Wildman–Crippen MR) is 96.6 cm³/mol. The van der Waals surface area contributed by atoms with Gasteiger partial charge in [-0.3, -0.25) is 4.79 Å². The number of hydrazine groups is 1. The number of aryl methyl sites for hydroxylation is 1. The van der Waals surface area contributed by atoms with Crippen molar-refractivity contribution in [2.75, 3.05) is 39.9 Å². The van der Waals surface area contributed by atoms with Gasteiger partial charge >= 0.3 is 6.09 Å². The van der Waals surface area contributed by atoms with Gasteiger partial charge < -0.3 is 9.57 Å². The Bertz CT molecular complexity index is 626. The van der Waals surface area contributed by atoms with Crippen LogP contribution in [-0.2, 0) is 20.8 Å². The molecule has 2 rings (SSSR count). The fourth-order valence-electron chi connectivity index (χ4n) is 2.71. The summed E-state index contributed by atoms with van der Waals surface area (Å²) in [7, 11) is 1.58. The normalized spacial score (nSPS) is 15.8. The Labute approximate surface area is 156 Å². The topological polar surface area (TPSA) is 62.3 Å². The van der Waals surface area contributed by atoms with Crippen LogP contribution in [0.3, 0.4) is 0 Å². The summed E-state index contributed by atoms with van der Waals surface area (Å²) in [5.74, 6) is -0.142. The summed E-state index contributed by atoms with van der Waals surface area (Å²) in [5.41, 5.74) is 1.96. The van der Waals surface area contributed by atoms with Crippen molar-refractivity contribution in [2.45, 2.75) is 20.3 Å². The monoisotopic (exact) mass is 413 g/mol. The molecule has 0 unspecified atom stereocenters. The summed E-state index contributed by atoms with van der Waals surface area (Å²) >= 11 is 3.43. The third-order valence-corrected chi connectivity index (χ3v) is 4.58. The van der Waals surface area contributed by atoms with E-state index in [4.69, 9.17) is 9.57 Å². The van der Waals surface area contributed by atoms with E-state index in [2.05, 4.69) is 15.9 Å². The fraction of sp³-hybridized carbons (Fsp3) is 0.529. The highest BCUT2D eigenvalue weighted by Gasteiger charge is 2.30. The second kappa shape index (κ2) is 9.17. The first-order valence-corrected chi connectivity index (χ1v) is 9.04. The van der Waals surface area contributed by atoms with Crippen molar-refractivity contribution in [1.29, 1.82) is 0 Å². The van der Waals surface area contributed by atoms with Crippen molar-refractivity contribution < 1.29 is 19.2 Å². The number of hydroxylamine groups is 2. The number of carbonyl (C=O) groups excluding carboxylic acids is 2. The van der Waals surface area contributed by atoms with E-state index in [1.807, 2.05) is 25.1 Å². The van der Waals surface area contributed by atoms with Crippen LogP contribution in [0.25, 0.3) is 0 Å². The molecule has 0 aliphatic carbocycles. The Morgan fingerprint density at radius 1 is 1.16 bits per heavy atom. The molecule has 0 aromatic heterocycles. The summed E-state index contributed by atoms with van der Waals surface area (Å²) in [6.45, 7) is 5.70. The van der Waals surface area contributed by atoms with Gasteiger partial charge in [-0.05, 0) is 37.1 Å². The molecule has 0 N–H and O–H groups in total. The Kier molecular flexibility index (Phi) is 7.22. The van der Waals surface area contributed by atoms with Crippen LogP contribution in [0.15, 0.2) is 22.7 Å². The van der Waals surface area contributed by atoms with Gasteiger partial charge in [0.1, 0.15) is 0 Å². The second-order valence-corrected chi connectivity index (χ2v) is 6.61. The molecule has 1 aromatic carbocycles. The number of ether oxygens (including phenoxy) is 1.